The Morgan fingerprint density at radius 3 is 2.91 bits per heavy atom. The summed E-state index contributed by atoms with van der Waals surface area (Å²) < 4.78 is 8.40. The first-order chi connectivity index (χ1) is 10.7. The zero-order chi connectivity index (χ0) is 14.9. The number of H-pyrrole nitrogens is 1. The second-order valence-electron chi connectivity index (χ2n) is 6.93. The smallest absolute Gasteiger partial charge is 0.262 e. The van der Waals surface area contributed by atoms with Gasteiger partial charge in [-0.25, -0.2) is 0 Å². The van der Waals surface area contributed by atoms with Crippen molar-refractivity contribution < 1.29 is 4.74 Å². The van der Waals surface area contributed by atoms with Crippen LogP contribution in [0.1, 0.15) is 31.7 Å². The minimum Gasteiger partial charge on any atom is -0.377 e. The predicted octanol–water partition coefficient (Wildman–Crippen LogP) is 3.19. The van der Waals surface area contributed by atoms with Crippen LogP contribution in [0.2, 0.25) is 0 Å². The van der Waals surface area contributed by atoms with Crippen molar-refractivity contribution in [2.75, 3.05) is 6.61 Å². The van der Waals surface area contributed by atoms with Crippen LogP contribution >= 0.6 is 12.2 Å². The lowest BCUT2D eigenvalue weighted by atomic mass is 9.46. The topological polar surface area (TPSA) is 47.0 Å². The Kier molecular flexibility index (Phi) is 2.54. The molecule has 4 nitrogen and oxygen atoms in total. The second-order valence-corrected chi connectivity index (χ2v) is 7.31. The van der Waals surface area contributed by atoms with E-state index in [2.05, 4.69) is 4.98 Å². The molecule has 2 heterocycles. The molecule has 114 valence electrons. The van der Waals surface area contributed by atoms with E-state index in [4.69, 9.17) is 17.0 Å². The third-order valence-electron chi connectivity index (χ3n) is 6.10. The first-order valence-electron chi connectivity index (χ1n) is 8.07. The van der Waals surface area contributed by atoms with Crippen LogP contribution in [0.15, 0.2) is 29.1 Å². The number of benzene rings is 1. The molecule has 2 aromatic rings. The van der Waals surface area contributed by atoms with Gasteiger partial charge in [-0.15, -0.1) is 0 Å². The molecule has 5 heteroatoms. The van der Waals surface area contributed by atoms with E-state index in [-0.39, 0.29) is 17.0 Å². The van der Waals surface area contributed by atoms with Gasteiger partial charge in [0.1, 0.15) is 0 Å². The number of fused-ring (bicyclic) bond motifs is 3. The summed E-state index contributed by atoms with van der Waals surface area (Å²) in [6, 6.07) is 7.85. The Morgan fingerprint density at radius 2 is 2.14 bits per heavy atom. The number of nitrogens with zero attached hydrogens (tertiary/aromatic N) is 1. The molecule has 0 bridgehead atoms. The highest BCUT2D eigenvalue weighted by molar-refractivity contribution is 7.71. The first kappa shape index (κ1) is 13.0. The summed E-state index contributed by atoms with van der Waals surface area (Å²) in [6.45, 7) is 0.826. The van der Waals surface area contributed by atoms with Gasteiger partial charge in [0, 0.05) is 17.9 Å². The maximum absolute atomic E-state index is 13.0. The molecule has 0 unspecified atom stereocenters. The van der Waals surface area contributed by atoms with Gasteiger partial charge in [0.25, 0.3) is 5.56 Å². The third kappa shape index (κ3) is 1.41. The highest BCUT2D eigenvalue weighted by Crippen LogP contribution is 2.68. The van der Waals surface area contributed by atoms with Gasteiger partial charge in [-0.1, -0.05) is 18.6 Å². The largest absolute Gasteiger partial charge is 0.377 e. The van der Waals surface area contributed by atoms with Crippen LogP contribution in [-0.2, 0) is 4.74 Å². The highest BCUT2D eigenvalue weighted by Gasteiger charge is 2.67. The number of rotatable bonds is 1. The standard InChI is InChI=1S/C17H18N2O2S/c20-15-10-4-1-2-5-12(10)18-16(22)19(15)13-11-6-9-21-14(11)17(13)7-3-8-17/h1-2,4-5,11,13-14H,3,6-9H2,(H,18,22)/t11-,13+,14+/m0/s1. The molecule has 2 aliphatic carbocycles. The molecule has 1 saturated heterocycles. The number of ether oxygens (including phenoxy) is 1. The average molecular weight is 314 g/mol. The van der Waals surface area contributed by atoms with Crippen molar-refractivity contribution in [2.45, 2.75) is 37.8 Å². The van der Waals surface area contributed by atoms with Gasteiger partial charge in [-0.3, -0.25) is 9.36 Å². The number of aromatic nitrogens is 2. The van der Waals surface area contributed by atoms with E-state index >= 15 is 0 Å². The minimum absolute atomic E-state index is 0.0565. The van der Waals surface area contributed by atoms with Crippen LogP contribution in [0, 0.1) is 16.1 Å². The SMILES string of the molecule is O=c1c2ccccc2[nH]c(=S)n1[C@@H]1[C@@H]2CCO[C@H]2C12CCC2. The summed E-state index contributed by atoms with van der Waals surface area (Å²) in [7, 11) is 0. The molecule has 22 heavy (non-hydrogen) atoms. The van der Waals surface area contributed by atoms with E-state index in [1.54, 1.807) is 0 Å². The van der Waals surface area contributed by atoms with Crippen molar-refractivity contribution >= 4 is 23.1 Å². The molecule has 3 atom stereocenters. The van der Waals surface area contributed by atoms with Gasteiger partial charge >= 0.3 is 0 Å². The molecule has 1 aromatic carbocycles. The maximum Gasteiger partial charge on any atom is 0.262 e. The monoisotopic (exact) mass is 314 g/mol. The Bertz CT molecular complexity index is 880. The van der Waals surface area contributed by atoms with Crippen molar-refractivity contribution in [3.8, 4) is 0 Å². The van der Waals surface area contributed by atoms with Crippen LogP contribution in [0.5, 0.6) is 0 Å². The van der Waals surface area contributed by atoms with Crippen LogP contribution in [0.25, 0.3) is 10.9 Å². The predicted molar refractivity (Wildman–Crippen MR) is 86.6 cm³/mol. The zero-order valence-corrected chi connectivity index (χ0v) is 13.1. The fourth-order valence-electron chi connectivity index (χ4n) is 5.04. The summed E-state index contributed by atoms with van der Waals surface area (Å²) in [5.41, 5.74) is 1.05. The van der Waals surface area contributed by atoms with E-state index in [9.17, 15) is 4.79 Å². The van der Waals surface area contributed by atoms with E-state index in [0.717, 1.165) is 36.8 Å². The number of nitrogens with one attached hydrogen (secondary N) is 1. The third-order valence-corrected chi connectivity index (χ3v) is 6.40. The van der Waals surface area contributed by atoms with Crippen LogP contribution < -0.4 is 5.56 Å². The van der Waals surface area contributed by atoms with Crippen LogP contribution in [0.3, 0.4) is 0 Å². The summed E-state index contributed by atoms with van der Waals surface area (Å²) >= 11 is 5.54. The van der Waals surface area contributed by atoms with Gasteiger partial charge in [0.2, 0.25) is 0 Å². The zero-order valence-electron chi connectivity index (χ0n) is 12.2. The number of hydrogen-bond donors (Lipinski definition) is 1. The lowest BCUT2D eigenvalue weighted by molar-refractivity contribution is -0.193. The van der Waals surface area contributed by atoms with E-state index in [1.807, 2.05) is 28.8 Å². The lowest BCUT2D eigenvalue weighted by Crippen LogP contribution is -2.64. The van der Waals surface area contributed by atoms with Crippen molar-refractivity contribution in [2.24, 2.45) is 11.3 Å². The summed E-state index contributed by atoms with van der Waals surface area (Å²) in [5, 5.41) is 0.730. The molecular weight excluding hydrogens is 296 g/mol. The fourth-order valence-corrected chi connectivity index (χ4v) is 5.35. The summed E-state index contributed by atoms with van der Waals surface area (Å²) in [4.78, 5) is 16.3. The van der Waals surface area contributed by atoms with E-state index in [0.29, 0.717) is 16.8 Å². The molecule has 1 N–H and O–H groups in total. The summed E-state index contributed by atoms with van der Waals surface area (Å²) in [6.07, 6.45) is 4.95. The molecule has 5 rings (SSSR count). The Labute approximate surface area is 133 Å². The number of para-hydroxylation sites is 1. The Balaban J connectivity index is 1.74. The van der Waals surface area contributed by atoms with Crippen LogP contribution in [-0.4, -0.2) is 22.3 Å². The Morgan fingerprint density at radius 1 is 1.32 bits per heavy atom. The lowest BCUT2D eigenvalue weighted by Gasteiger charge is -2.63. The molecule has 3 aliphatic rings. The fraction of sp³-hybridized carbons (Fsp3) is 0.529. The highest BCUT2D eigenvalue weighted by atomic mass is 32.1. The number of hydrogen-bond acceptors (Lipinski definition) is 3. The van der Waals surface area contributed by atoms with Gasteiger partial charge in [-0.05, 0) is 43.6 Å². The van der Waals surface area contributed by atoms with Gasteiger partial charge in [0.05, 0.1) is 23.0 Å². The number of aromatic amines is 1. The first-order valence-corrected chi connectivity index (χ1v) is 8.48. The van der Waals surface area contributed by atoms with Crippen molar-refractivity contribution in [1.82, 2.24) is 9.55 Å². The Hall–Kier alpha value is -1.46. The molecule has 1 aromatic heterocycles. The molecule has 2 saturated carbocycles. The molecule has 3 fully saturated rings. The molecule has 0 radical (unpaired) electrons. The molecule has 1 spiro atoms. The average Bonchev–Trinajstić information content (AvgIpc) is 2.86. The van der Waals surface area contributed by atoms with Crippen molar-refractivity contribution in [1.29, 1.82) is 0 Å². The van der Waals surface area contributed by atoms with E-state index < -0.39 is 0 Å². The van der Waals surface area contributed by atoms with Gasteiger partial charge in [0.15, 0.2) is 4.77 Å². The van der Waals surface area contributed by atoms with E-state index in [1.165, 1.54) is 6.42 Å². The molecule has 1 aliphatic heterocycles. The molecular formula is C17H18N2O2S. The minimum atomic E-state index is 0.0565. The van der Waals surface area contributed by atoms with Crippen LogP contribution in [0.4, 0.5) is 0 Å². The van der Waals surface area contributed by atoms with Crippen molar-refractivity contribution in [3.05, 3.63) is 39.4 Å². The van der Waals surface area contributed by atoms with Gasteiger partial charge in [-0.2, -0.15) is 0 Å². The maximum atomic E-state index is 13.0. The summed E-state index contributed by atoms with van der Waals surface area (Å²) in [5.74, 6) is 0.453. The molecule has 0 amide bonds. The van der Waals surface area contributed by atoms with Gasteiger partial charge < -0.3 is 9.72 Å². The second kappa shape index (κ2) is 4.30. The normalized spacial score (nSPS) is 31.7. The quantitative estimate of drug-likeness (QED) is 0.822. The van der Waals surface area contributed by atoms with Crippen molar-refractivity contribution in [3.63, 3.8) is 0 Å².